The fourth-order valence-electron chi connectivity index (χ4n) is 3.04. The van der Waals surface area contributed by atoms with E-state index in [2.05, 4.69) is 25.6 Å². The zero-order valence-corrected chi connectivity index (χ0v) is 14.5. The van der Waals surface area contributed by atoms with Gasteiger partial charge in [-0.25, -0.2) is 9.98 Å². The smallest absolute Gasteiger partial charge is 0.276 e. The van der Waals surface area contributed by atoms with E-state index >= 15 is 0 Å². The SMILES string of the molecule is Cl.Cl.O=C1NC(NC2CCCC2)=NC1=Cc1c[nH]c2ncccc12. The number of hydrogen-bond donors (Lipinski definition) is 3. The van der Waals surface area contributed by atoms with E-state index in [-0.39, 0.29) is 30.7 Å². The first kappa shape index (κ1) is 18.3. The fraction of sp³-hybridized carbons (Fsp3) is 0.312. The van der Waals surface area contributed by atoms with E-state index in [9.17, 15) is 4.79 Å². The number of nitrogens with zero attached hydrogens (tertiary/aromatic N) is 2. The van der Waals surface area contributed by atoms with Crippen LogP contribution < -0.4 is 10.6 Å². The van der Waals surface area contributed by atoms with Crippen molar-refractivity contribution in [3.8, 4) is 0 Å². The van der Waals surface area contributed by atoms with Gasteiger partial charge in [0.05, 0.1) is 0 Å². The van der Waals surface area contributed by atoms with Gasteiger partial charge in [-0.1, -0.05) is 12.8 Å². The Morgan fingerprint density at radius 2 is 2.04 bits per heavy atom. The van der Waals surface area contributed by atoms with E-state index in [1.165, 1.54) is 12.8 Å². The van der Waals surface area contributed by atoms with Crippen molar-refractivity contribution in [2.45, 2.75) is 31.7 Å². The van der Waals surface area contributed by atoms with Gasteiger partial charge in [0.2, 0.25) is 5.96 Å². The summed E-state index contributed by atoms with van der Waals surface area (Å²) in [6.45, 7) is 0. The van der Waals surface area contributed by atoms with Gasteiger partial charge in [0.1, 0.15) is 11.3 Å². The highest BCUT2D eigenvalue weighted by Gasteiger charge is 2.23. The highest BCUT2D eigenvalue weighted by atomic mass is 35.5. The molecule has 1 aliphatic heterocycles. The number of pyridine rings is 1. The van der Waals surface area contributed by atoms with Crippen LogP contribution in [0.4, 0.5) is 0 Å². The number of hydrogen-bond acceptors (Lipinski definition) is 4. The van der Waals surface area contributed by atoms with Gasteiger partial charge in [-0.05, 0) is 31.1 Å². The molecule has 0 radical (unpaired) electrons. The van der Waals surface area contributed by atoms with Crippen LogP contribution in [0.15, 0.2) is 35.2 Å². The molecule has 0 bridgehead atoms. The number of carbonyl (C=O) groups excluding carboxylic acids is 1. The lowest BCUT2D eigenvalue weighted by molar-refractivity contribution is -0.115. The lowest BCUT2D eigenvalue weighted by Crippen LogP contribution is -2.41. The maximum Gasteiger partial charge on any atom is 0.276 e. The monoisotopic (exact) mass is 367 g/mol. The fourth-order valence-corrected chi connectivity index (χ4v) is 3.04. The number of aliphatic imine (C=N–C) groups is 1. The molecule has 1 fully saturated rings. The Morgan fingerprint density at radius 3 is 2.83 bits per heavy atom. The summed E-state index contributed by atoms with van der Waals surface area (Å²) in [6, 6.07) is 4.28. The van der Waals surface area contributed by atoms with Crippen LogP contribution in [0.5, 0.6) is 0 Å². The predicted octanol–water partition coefficient (Wildman–Crippen LogP) is 2.77. The molecule has 0 saturated heterocycles. The molecule has 2 aromatic heterocycles. The summed E-state index contributed by atoms with van der Waals surface area (Å²) < 4.78 is 0. The number of nitrogens with one attached hydrogen (secondary N) is 3. The predicted molar refractivity (Wildman–Crippen MR) is 99.5 cm³/mol. The lowest BCUT2D eigenvalue weighted by atomic mass is 10.2. The first-order chi connectivity index (χ1) is 10.8. The molecule has 8 heteroatoms. The number of guanidine groups is 1. The second-order valence-corrected chi connectivity index (χ2v) is 5.71. The maximum absolute atomic E-state index is 12.1. The number of amides is 1. The number of halogens is 2. The molecule has 0 atom stereocenters. The molecule has 24 heavy (non-hydrogen) atoms. The Kier molecular flexibility index (Phi) is 5.85. The van der Waals surface area contributed by atoms with E-state index in [0.29, 0.717) is 17.7 Å². The number of fused-ring (bicyclic) bond motifs is 1. The van der Waals surface area contributed by atoms with Crippen molar-refractivity contribution in [3.63, 3.8) is 0 Å². The topological polar surface area (TPSA) is 82.2 Å². The summed E-state index contributed by atoms with van der Waals surface area (Å²) in [6.07, 6.45) is 10.1. The number of rotatable bonds is 2. The van der Waals surface area contributed by atoms with Crippen LogP contribution in [0.1, 0.15) is 31.2 Å². The van der Waals surface area contributed by atoms with Crippen LogP contribution >= 0.6 is 24.8 Å². The number of carbonyl (C=O) groups is 1. The molecule has 2 aromatic rings. The van der Waals surface area contributed by atoms with Crippen LogP contribution in [0.2, 0.25) is 0 Å². The lowest BCUT2D eigenvalue weighted by Gasteiger charge is -2.11. The highest BCUT2D eigenvalue weighted by molar-refractivity contribution is 6.14. The van der Waals surface area contributed by atoms with Crippen molar-refractivity contribution in [2.75, 3.05) is 0 Å². The van der Waals surface area contributed by atoms with Crippen molar-refractivity contribution in [3.05, 3.63) is 35.8 Å². The van der Waals surface area contributed by atoms with Crippen LogP contribution in [-0.2, 0) is 4.79 Å². The van der Waals surface area contributed by atoms with Gasteiger partial charge in [0.15, 0.2) is 0 Å². The van der Waals surface area contributed by atoms with E-state index < -0.39 is 0 Å². The molecule has 6 nitrogen and oxygen atoms in total. The minimum atomic E-state index is -0.168. The number of H-pyrrole nitrogens is 1. The molecule has 4 rings (SSSR count). The van der Waals surface area contributed by atoms with Crippen LogP contribution in [0.3, 0.4) is 0 Å². The zero-order valence-electron chi connectivity index (χ0n) is 12.9. The van der Waals surface area contributed by atoms with E-state index in [1.807, 2.05) is 18.3 Å². The van der Waals surface area contributed by atoms with Crippen molar-refractivity contribution in [1.82, 2.24) is 20.6 Å². The number of aromatic amines is 1. The van der Waals surface area contributed by atoms with Gasteiger partial charge in [-0.15, -0.1) is 24.8 Å². The van der Waals surface area contributed by atoms with Crippen LogP contribution in [0.25, 0.3) is 17.1 Å². The van der Waals surface area contributed by atoms with E-state index in [4.69, 9.17) is 0 Å². The first-order valence-electron chi connectivity index (χ1n) is 7.60. The van der Waals surface area contributed by atoms with Gasteiger partial charge in [0.25, 0.3) is 5.91 Å². The number of aromatic nitrogens is 2. The summed E-state index contributed by atoms with van der Waals surface area (Å²) in [5.41, 5.74) is 2.14. The largest absolute Gasteiger partial charge is 0.353 e. The summed E-state index contributed by atoms with van der Waals surface area (Å²) >= 11 is 0. The molecule has 0 aromatic carbocycles. The molecule has 2 aliphatic rings. The van der Waals surface area contributed by atoms with Gasteiger partial charge < -0.3 is 10.3 Å². The molecule has 3 N–H and O–H groups in total. The quantitative estimate of drug-likeness (QED) is 0.713. The first-order valence-corrected chi connectivity index (χ1v) is 7.60. The molecule has 128 valence electrons. The second kappa shape index (κ2) is 7.68. The third kappa shape index (κ3) is 3.55. The Labute approximate surface area is 152 Å². The van der Waals surface area contributed by atoms with Gasteiger partial charge in [0, 0.05) is 29.4 Å². The average molecular weight is 368 g/mol. The van der Waals surface area contributed by atoms with Gasteiger partial charge >= 0.3 is 0 Å². The third-order valence-electron chi connectivity index (χ3n) is 4.17. The Hall–Kier alpha value is -2.05. The molecule has 1 aliphatic carbocycles. The third-order valence-corrected chi connectivity index (χ3v) is 4.17. The molecule has 0 spiro atoms. The highest BCUT2D eigenvalue weighted by Crippen LogP contribution is 2.21. The summed E-state index contributed by atoms with van der Waals surface area (Å²) in [4.78, 5) is 23.8. The van der Waals surface area contributed by atoms with Crippen molar-refractivity contribution in [1.29, 1.82) is 0 Å². The minimum absolute atomic E-state index is 0. The van der Waals surface area contributed by atoms with Crippen LogP contribution in [0, 0.1) is 0 Å². The summed E-state index contributed by atoms with van der Waals surface area (Å²) in [5.74, 6) is 0.403. The summed E-state index contributed by atoms with van der Waals surface area (Å²) in [7, 11) is 0. The zero-order chi connectivity index (χ0) is 14.9. The standard InChI is InChI=1S/C16H17N5O.2ClH/c22-15-13(20-16(21-15)19-11-4-1-2-5-11)8-10-9-18-14-12(10)6-3-7-17-14;;/h3,6-9,11H,1-2,4-5H2,(H,17,18)(H2,19,20,21,22);2*1H. The summed E-state index contributed by atoms with van der Waals surface area (Å²) in [5, 5.41) is 7.09. The Balaban J connectivity index is 0.00000104. The Morgan fingerprint density at radius 1 is 1.25 bits per heavy atom. The average Bonchev–Trinajstić information content (AvgIpc) is 3.23. The van der Waals surface area contributed by atoms with Crippen molar-refractivity contribution >= 4 is 53.8 Å². The normalized spacial score (nSPS) is 18.9. The molecule has 3 heterocycles. The van der Waals surface area contributed by atoms with Crippen LogP contribution in [-0.4, -0.2) is 27.9 Å². The molecule has 1 saturated carbocycles. The molecule has 0 unspecified atom stereocenters. The Bertz CT molecular complexity index is 793. The van der Waals surface area contributed by atoms with Gasteiger partial charge in [-0.3, -0.25) is 10.1 Å². The van der Waals surface area contributed by atoms with E-state index in [1.54, 1.807) is 12.3 Å². The minimum Gasteiger partial charge on any atom is -0.353 e. The van der Waals surface area contributed by atoms with E-state index in [0.717, 1.165) is 29.4 Å². The second-order valence-electron chi connectivity index (χ2n) is 5.71. The van der Waals surface area contributed by atoms with Gasteiger partial charge in [-0.2, -0.15) is 0 Å². The van der Waals surface area contributed by atoms with Crippen molar-refractivity contribution in [2.24, 2.45) is 4.99 Å². The maximum atomic E-state index is 12.1. The molecular weight excluding hydrogens is 349 g/mol. The van der Waals surface area contributed by atoms with Crippen molar-refractivity contribution < 1.29 is 4.79 Å². The molecule has 1 amide bonds. The molecular formula is C16H19Cl2N5O.